The van der Waals surface area contributed by atoms with Crippen molar-refractivity contribution in [1.29, 1.82) is 0 Å². The molecule has 2 aliphatic rings. The summed E-state index contributed by atoms with van der Waals surface area (Å²) in [6.07, 6.45) is 1.46. The molecule has 7 heteroatoms. The zero-order valence-electron chi connectivity index (χ0n) is 14.9. The van der Waals surface area contributed by atoms with Crippen molar-refractivity contribution < 1.29 is 19.3 Å². The smallest absolute Gasteiger partial charge is 0.342 e. The number of fused-ring (bicyclic) bond motifs is 3. The molecule has 2 aliphatic heterocycles. The number of amides is 1. The topological polar surface area (TPSA) is 77.1 Å². The van der Waals surface area contributed by atoms with Gasteiger partial charge in [-0.25, -0.2) is 19.6 Å². The number of carboxylic acid groups (broad SMARTS) is 1. The first kappa shape index (κ1) is 16.6. The summed E-state index contributed by atoms with van der Waals surface area (Å²) in [5.41, 5.74) is 0.611. The molecule has 1 amide bonds. The Morgan fingerprint density at radius 2 is 2.08 bits per heavy atom. The molecular weight excluding hydrogens is 308 g/mol. The van der Waals surface area contributed by atoms with Crippen molar-refractivity contribution in [3.05, 3.63) is 29.1 Å². The molecule has 128 valence electrons. The fourth-order valence-electron chi connectivity index (χ4n) is 3.36. The zero-order chi connectivity index (χ0) is 18.0. The van der Waals surface area contributed by atoms with Gasteiger partial charge in [0.15, 0.2) is 6.20 Å². The summed E-state index contributed by atoms with van der Waals surface area (Å²) >= 11 is 0. The Kier molecular flexibility index (Phi) is 3.53. The van der Waals surface area contributed by atoms with Crippen LogP contribution in [0.1, 0.15) is 48.7 Å². The number of nitrogens with zero attached hydrogens (tertiary/aromatic N) is 4. The number of aliphatic imine (C=N–C) groups is 1. The predicted molar refractivity (Wildman–Crippen MR) is 87.7 cm³/mol. The van der Waals surface area contributed by atoms with Crippen LogP contribution in [0.5, 0.6) is 0 Å². The fraction of sp³-hybridized carbons (Fsp3) is 0.529. The van der Waals surface area contributed by atoms with E-state index >= 15 is 0 Å². The first-order chi connectivity index (χ1) is 11.1. The van der Waals surface area contributed by atoms with Gasteiger partial charge in [0.05, 0.1) is 0 Å². The van der Waals surface area contributed by atoms with Gasteiger partial charge in [-0.2, -0.15) is 4.57 Å². The molecule has 0 saturated heterocycles. The van der Waals surface area contributed by atoms with Gasteiger partial charge in [-0.1, -0.05) is 13.8 Å². The van der Waals surface area contributed by atoms with Gasteiger partial charge in [-0.3, -0.25) is 4.79 Å². The lowest BCUT2D eigenvalue weighted by Gasteiger charge is -2.28. The van der Waals surface area contributed by atoms with Crippen LogP contribution in [-0.2, 0) is 4.79 Å². The van der Waals surface area contributed by atoms with Crippen molar-refractivity contribution >= 4 is 17.7 Å². The maximum absolute atomic E-state index is 13.1. The van der Waals surface area contributed by atoms with E-state index in [9.17, 15) is 14.7 Å². The molecule has 3 heterocycles. The van der Waals surface area contributed by atoms with Gasteiger partial charge in [0, 0.05) is 5.56 Å². The second-order valence-corrected chi connectivity index (χ2v) is 7.21. The third-order valence-electron chi connectivity index (χ3n) is 4.95. The molecule has 1 N–H and O–H groups in total. The quantitative estimate of drug-likeness (QED) is 0.839. The lowest BCUT2D eigenvalue weighted by molar-refractivity contribution is -0.748. The zero-order valence-corrected chi connectivity index (χ0v) is 14.9. The van der Waals surface area contributed by atoms with Crippen LogP contribution >= 0.6 is 0 Å². The minimum absolute atomic E-state index is 0.0121. The molecule has 2 atom stereocenters. The molecule has 1 aromatic rings. The first-order valence-electron chi connectivity index (χ1n) is 7.99. The minimum Gasteiger partial charge on any atom is -0.477 e. The number of aromatic nitrogens is 1. The lowest BCUT2D eigenvalue weighted by atomic mass is 9.89. The maximum Gasteiger partial charge on any atom is 0.342 e. The van der Waals surface area contributed by atoms with E-state index < -0.39 is 17.8 Å². The van der Waals surface area contributed by atoms with Crippen molar-refractivity contribution in [3.8, 4) is 0 Å². The summed E-state index contributed by atoms with van der Waals surface area (Å²) in [6.45, 7) is 7.57. The Morgan fingerprint density at radius 1 is 1.46 bits per heavy atom. The summed E-state index contributed by atoms with van der Waals surface area (Å²) in [4.78, 5) is 33.1. The van der Waals surface area contributed by atoms with Gasteiger partial charge < -0.3 is 5.11 Å². The Morgan fingerprint density at radius 3 is 2.58 bits per heavy atom. The molecule has 0 fully saturated rings. The summed E-state index contributed by atoms with van der Waals surface area (Å²) in [5.74, 6) is -0.649. The molecule has 2 unspecified atom stereocenters. The number of pyridine rings is 1. The summed E-state index contributed by atoms with van der Waals surface area (Å²) in [6, 6.07) is 1.63. The van der Waals surface area contributed by atoms with Crippen LogP contribution in [0.3, 0.4) is 0 Å². The van der Waals surface area contributed by atoms with Gasteiger partial charge >= 0.3 is 12.3 Å². The second-order valence-electron chi connectivity index (χ2n) is 7.21. The van der Waals surface area contributed by atoms with Crippen LogP contribution in [0, 0.1) is 12.8 Å². The molecule has 0 aliphatic carbocycles. The number of carbonyl (C=O) groups excluding carboxylic acids is 1. The van der Waals surface area contributed by atoms with Crippen molar-refractivity contribution in [1.82, 2.24) is 9.80 Å². The van der Waals surface area contributed by atoms with Crippen LogP contribution in [0.4, 0.5) is 0 Å². The molecule has 0 aromatic carbocycles. The average molecular weight is 331 g/mol. The van der Waals surface area contributed by atoms with E-state index in [1.165, 1.54) is 0 Å². The Hall–Kier alpha value is -2.28. The monoisotopic (exact) mass is 331 g/mol. The standard InChI is InChI=1S/C17H22N4O3/c1-9(2)17(4)15(24)21-13(18-17)12-11(14(22)23)7-10(3)8-20(12)16(21)19(5)6/h7-9,16H,1-6H3/p+1. The largest absolute Gasteiger partial charge is 0.477 e. The molecule has 1 aromatic heterocycles. The van der Waals surface area contributed by atoms with E-state index in [0.717, 1.165) is 5.56 Å². The SMILES string of the molecule is Cc1cc(C(=O)O)c2[n+](c1)C(N(C)C)N1C(=O)C(C)(C(C)C)N=C21. The van der Waals surface area contributed by atoms with Crippen LogP contribution in [0.2, 0.25) is 0 Å². The number of carboxylic acids is 1. The highest BCUT2D eigenvalue weighted by Gasteiger charge is 2.59. The molecule has 0 saturated carbocycles. The number of rotatable bonds is 3. The normalized spacial score (nSPS) is 25.3. The predicted octanol–water partition coefficient (Wildman–Crippen LogP) is 1.02. The van der Waals surface area contributed by atoms with Crippen molar-refractivity contribution in [2.24, 2.45) is 10.9 Å². The van der Waals surface area contributed by atoms with Crippen molar-refractivity contribution in [3.63, 3.8) is 0 Å². The first-order valence-corrected chi connectivity index (χ1v) is 7.99. The van der Waals surface area contributed by atoms with E-state index in [4.69, 9.17) is 4.99 Å². The molecule has 0 spiro atoms. The molecule has 0 radical (unpaired) electrons. The Labute approximate surface area is 141 Å². The minimum atomic E-state index is -1.02. The van der Waals surface area contributed by atoms with Gasteiger partial charge in [0.25, 0.3) is 11.6 Å². The van der Waals surface area contributed by atoms with Crippen molar-refractivity contribution in [2.75, 3.05) is 14.1 Å². The number of aromatic carboxylic acids is 1. The van der Waals surface area contributed by atoms with Gasteiger partial charge in [-0.15, -0.1) is 0 Å². The summed E-state index contributed by atoms with van der Waals surface area (Å²) in [5, 5.41) is 9.64. The maximum atomic E-state index is 13.1. The van der Waals surface area contributed by atoms with E-state index in [-0.39, 0.29) is 17.4 Å². The lowest BCUT2D eigenvalue weighted by Crippen LogP contribution is -2.55. The van der Waals surface area contributed by atoms with Crippen molar-refractivity contribution in [2.45, 2.75) is 39.5 Å². The number of hydrogen-bond acceptors (Lipinski definition) is 4. The van der Waals surface area contributed by atoms with E-state index in [1.807, 2.05) is 57.5 Å². The molecular formula is C17H23N4O3+. The molecule has 3 rings (SSSR count). The van der Waals surface area contributed by atoms with Gasteiger partial charge in [0.2, 0.25) is 5.84 Å². The van der Waals surface area contributed by atoms with Crippen LogP contribution < -0.4 is 4.57 Å². The second kappa shape index (κ2) is 5.11. The van der Waals surface area contributed by atoms with Crippen LogP contribution in [0.25, 0.3) is 0 Å². The highest BCUT2D eigenvalue weighted by molar-refractivity contribution is 6.17. The van der Waals surface area contributed by atoms with Crippen LogP contribution in [0.15, 0.2) is 17.3 Å². The van der Waals surface area contributed by atoms with Gasteiger partial charge in [-0.05, 0) is 39.9 Å². The van der Waals surface area contributed by atoms with E-state index in [0.29, 0.717) is 11.5 Å². The fourth-order valence-corrected chi connectivity index (χ4v) is 3.36. The molecule has 0 bridgehead atoms. The summed E-state index contributed by atoms with van der Waals surface area (Å²) < 4.78 is 1.83. The number of carbonyl (C=O) groups is 2. The van der Waals surface area contributed by atoms with Gasteiger partial charge in [0.1, 0.15) is 11.1 Å². The third-order valence-corrected chi connectivity index (χ3v) is 4.95. The van der Waals surface area contributed by atoms with E-state index in [2.05, 4.69) is 0 Å². The number of hydrogen-bond donors (Lipinski definition) is 1. The Bertz CT molecular complexity index is 784. The number of amidine groups is 1. The summed E-state index contributed by atoms with van der Waals surface area (Å²) in [7, 11) is 3.73. The van der Waals surface area contributed by atoms with E-state index in [1.54, 1.807) is 11.0 Å². The van der Waals surface area contributed by atoms with Crippen LogP contribution in [-0.4, -0.2) is 52.3 Å². The third kappa shape index (κ3) is 2.00. The average Bonchev–Trinajstić information content (AvgIpc) is 2.91. The molecule has 24 heavy (non-hydrogen) atoms. The Balaban J connectivity index is 2.33. The highest BCUT2D eigenvalue weighted by atomic mass is 16.4. The number of aryl methyl sites for hydroxylation is 1. The highest BCUT2D eigenvalue weighted by Crippen LogP contribution is 2.38. The molecule has 7 nitrogen and oxygen atoms in total.